The molecule has 88 valence electrons. The molecule has 1 N–H and O–H groups in total. The molecule has 0 spiro atoms. The van der Waals surface area contributed by atoms with E-state index in [9.17, 15) is 5.11 Å². The Bertz CT molecular complexity index is 376. The topological polar surface area (TPSA) is 29.5 Å². The summed E-state index contributed by atoms with van der Waals surface area (Å²) in [5, 5.41) is 10.7. The molecule has 3 heteroatoms. The van der Waals surface area contributed by atoms with E-state index in [1.807, 2.05) is 6.07 Å². The van der Waals surface area contributed by atoms with Crippen LogP contribution in [0.25, 0.3) is 0 Å². The minimum absolute atomic E-state index is 0.115. The lowest BCUT2D eigenvalue weighted by Crippen LogP contribution is -2.27. The zero-order valence-electron chi connectivity index (χ0n) is 9.61. The van der Waals surface area contributed by atoms with Crippen LogP contribution in [0.5, 0.6) is 5.75 Å². The maximum absolute atomic E-state index is 10.0. The van der Waals surface area contributed by atoms with Crippen molar-refractivity contribution >= 4 is 11.6 Å². The summed E-state index contributed by atoms with van der Waals surface area (Å²) in [7, 11) is 0. The number of rotatable bonds is 2. The summed E-state index contributed by atoms with van der Waals surface area (Å²) in [5.74, 6) is 1.35. The summed E-state index contributed by atoms with van der Waals surface area (Å²) in [6, 6.07) is 5.42. The Hall–Kier alpha value is -0.730. The second-order valence-electron chi connectivity index (χ2n) is 4.80. The predicted molar refractivity (Wildman–Crippen MR) is 64.9 cm³/mol. The SMILES string of the molecule is CC(C)CC1CC(O)c2cc(Cl)ccc2O1. The van der Waals surface area contributed by atoms with Gasteiger partial charge in [-0.05, 0) is 30.5 Å². The lowest BCUT2D eigenvalue weighted by atomic mass is 9.94. The monoisotopic (exact) mass is 240 g/mol. The molecule has 0 saturated carbocycles. The first-order valence-electron chi connectivity index (χ1n) is 5.70. The van der Waals surface area contributed by atoms with E-state index in [-0.39, 0.29) is 6.10 Å². The fourth-order valence-electron chi connectivity index (χ4n) is 2.16. The summed E-state index contributed by atoms with van der Waals surface area (Å²) in [6.45, 7) is 4.32. The largest absolute Gasteiger partial charge is 0.490 e. The number of hydrogen-bond acceptors (Lipinski definition) is 2. The maximum atomic E-state index is 10.0. The van der Waals surface area contributed by atoms with Gasteiger partial charge in [-0.25, -0.2) is 0 Å². The van der Waals surface area contributed by atoms with Crippen molar-refractivity contribution in [2.45, 2.75) is 38.9 Å². The van der Waals surface area contributed by atoms with Crippen molar-refractivity contribution in [1.29, 1.82) is 0 Å². The van der Waals surface area contributed by atoms with Crippen molar-refractivity contribution < 1.29 is 9.84 Å². The average molecular weight is 241 g/mol. The summed E-state index contributed by atoms with van der Waals surface area (Å²) in [4.78, 5) is 0. The van der Waals surface area contributed by atoms with Gasteiger partial charge in [0.15, 0.2) is 0 Å². The second-order valence-corrected chi connectivity index (χ2v) is 5.24. The quantitative estimate of drug-likeness (QED) is 0.857. The Morgan fingerprint density at radius 1 is 1.50 bits per heavy atom. The molecule has 2 unspecified atom stereocenters. The van der Waals surface area contributed by atoms with Crippen LogP contribution in [0.4, 0.5) is 0 Å². The van der Waals surface area contributed by atoms with E-state index in [0.717, 1.165) is 17.7 Å². The van der Waals surface area contributed by atoms with Crippen LogP contribution >= 0.6 is 11.6 Å². The summed E-state index contributed by atoms with van der Waals surface area (Å²) in [6.07, 6.45) is 1.29. The highest BCUT2D eigenvalue weighted by molar-refractivity contribution is 6.30. The average Bonchev–Trinajstić information content (AvgIpc) is 2.18. The number of fused-ring (bicyclic) bond motifs is 1. The zero-order chi connectivity index (χ0) is 11.7. The molecule has 0 radical (unpaired) electrons. The highest BCUT2D eigenvalue weighted by atomic mass is 35.5. The predicted octanol–water partition coefficient (Wildman–Crippen LogP) is 3.57. The van der Waals surface area contributed by atoms with Crippen LogP contribution in [0.15, 0.2) is 18.2 Å². The third kappa shape index (κ3) is 2.50. The van der Waals surface area contributed by atoms with Crippen LogP contribution in [0, 0.1) is 5.92 Å². The standard InChI is InChI=1S/C13H17ClO2/c1-8(2)5-10-7-12(15)11-6-9(14)3-4-13(11)16-10/h3-4,6,8,10,12,15H,5,7H2,1-2H3. The van der Waals surface area contributed by atoms with E-state index in [4.69, 9.17) is 16.3 Å². The van der Waals surface area contributed by atoms with Gasteiger partial charge >= 0.3 is 0 Å². The third-order valence-corrected chi connectivity index (χ3v) is 3.08. The van der Waals surface area contributed by atoms with Crippen molar-refractivity contribution in [3.8, 4) is 5.75 Å². The van der Waals surface area contributed by atoms with E-state index < -0.39 is 6.10 Å². The molecule has 0 aliphatic carbocycles. The van der Waals surface area contributed by atoms with Crippen LogP contribution in [0.2, 0.25) is 5.02 Å². The minimum Gasteiger partial charge on any atom is -0.490 e. The Morgan fingerprint density at radius 2 is 2.25 bits per heavy atom. The van der Waals surface area contributed by atoms with Crippen LogP contribution in [-0.4, -0.2) is 11.2 Å². The molecular weight excluding hydrogens is 224 g/mol. The first-order valence-corrected chi connectivity index (χ1v) is 6.08. The molecule has 1 aromatic carbocycles. The number of hydrogen-bond donors (Lipinski definition) is 1. The molecule has 16 heavy (non-hydrogen) atoms. The molecule has 0 bridgehead atoms. The molecule has 2 atom stereocenters. The Balaban J connectivity index is 2.20. The van der Waals surface area contributed by atoms with E-state index in [1.54, 1.807) is 12.1 Å². The van der Waals surface area contributed by atoms with Crippen LogP contribution < -0.4 is 4.74 Å². The normalized spacial score (nSPS) is 24.1. The molecule has 0 fully saturated rings. The Labute approximate surface area is 101 Å². The lowest BCUT2D eigenvalue weighted by molar-refractivity contribution is 0.0556. The Kier molecular flexibility index (Phi) is 3.41. The van der Waals surface area contributed by atoms with Crippen molar-refractivity contribution in [3.63, 3.8) is 0 Å². The summed E-state index contributed by atoms with van der Waals surface area (Å²) >= 11 is 5.90. The van der Waals surface area contributed by atoms with Gasteiger partial charge in [-0.2, -0.15) is 0 Å². The van der Waals surface area contributed by atoms with Crippen molar-refractivity contribution in [2.75, 3.05) is 0 Å². The smallest absolute Gasteiger partial charge is 0.125 e. The van der Waals surface area contributed by atoms with Gasteiger partial charge in [-0.1, -0.05) is 25.4 Å². The van der Waals surface area contributed by atoms with E-state index >= 15 is 0 Å². The molecule has 1 aliphatic rings. The minimum atomic E-state index is -0.453. The molecule has 2 rings (SSSR count). The van der Waals surface area contributed by atoms with Gasteiger partial charge < -0.3 is 9.84 Å². The van der Waals surface area contributed by atoms with Gasteiger partial charge in [0, 0.05) is 17.0 Å². The fraction of sp³-hybridized carbons (Fsp3) is 0.538. The second kappa shape index (κ2) is 4.64. The van der Waals surface area contributed by atoms with Crippen LogP contribution in [0.3, 0.4) is 0 Å². The van der Waals surface area contributed by atoms with Crippen molar-refractivity contribution in [2.24, 2.45) is 5.92 Å². The zero-order valence-corrected chi connectivity index (χ0v) is 10.4. The number of ether oxygens (including phenoxy) is 1. The number of aliphatic hydroxyl groups excluding tert-OH is 1. The molecule has 2 nitrogen and oxygen atoms in total. The van der Waals surface area contributed by atoms with Crippen LogP contribution in [0.1, 0.15) is 38.4 Å². The number of halogens is 1. The van der Waals surface area contributed by atoms with E-state index in [1.165, 1.54) is 0 Å². The maximum Gasteiger partial charge on any atom is 0.125 e. The molecule has 0 aromatic heterocycles. The molecule has 0 amide bonds. The van der Waals surface area contributed by atoms with Gasteiger partial charge in [0.2, 0.25) is 0 Å². The molecular formula is C13H17ClO2. The summed E-state index contributed by atoms with van der Waals surface area (Å²) < 4.78 is 5.85. The summed E-state index contributed by atoms with van der Waals surface area (Å²) in [5.41, 5.74) is 0.813. The molecule has 1 aliphatic heterocycles. The van der Waals surface area contributed by atoms with Gasteiger partial charge in [0.1, 0.15) is 11.9 Å². The van der Waals surface area contributed by atoms with Crippen molar-refractivity contribution in [1.82, 2.24) is 0 Å². The first kappa shape index (κ1) is 11.7. The van der Waals surface area contributed by atoms with Gasteiger partial charge in [0.25, 0.3) is 0 Å². The molecule has 0 saturated heterocycles. The third-order valence-electron chi connectivity index (χ3n) is 2.84. The Morgan fingerprint density at radius 3 is 2.94 bits per heavy atom. The van der Waals surface area contributed by atoms with Gasteiger partial charge in [0.05, 0.1) is 6.10 Å². The van der Waals surface area contributed by atoms with Crippen LogP contribution in [-0.2, 0) is 0 Å². The van der Waals surface area contributed by atoms with Gasteiger partial charge in [-0.3, -0.25) is 0 Å². The number of aliphatic hydroxyl groups is 1. The highest BCUT2D eigenvalue weighted by Crippen LogP contribution is 2.37. The number of benzene rings is 1. The molecule has 1 heterocycles. The highest BCUT2D eigenvalue weighted by Gasteiger charge is 2.27. The van der Waals surface area contributed by atoms with Crippen molar-refractivity contribution in [3.05, 3.63) is 28.8 Å². The van der Waals surface area contributed by atoms with Gasteiger partial charge in [-0.15, -0.1) is 0 Å². The first-order chi connectivity index (χ1) is 7.56. The lowest BCUT2D eigenvalue weighted by Gasteiger charge is -2.30. The van der Waals surface area contributed by atoms with E-state index in [0.29, 0.717) is 17.4 Å². The molecule has 1 aromatic rings. The van der Waals surface area contributed by atoms with E-state index in [2.05, 4.69) is 13.8 Å². The fourth-order valence-corrected chi connectivity index (χ4v) is 2.34.